The minimum Gasteiger partial charge on any atom is -0.428 e. The Balaban J connectivity index is 1.79. The molecule has 152 valence electrons. The summed E-state index contributed by atoms with van der Waals surface area (Å²) < 4.78 is 14.9. The standard InChI is InChI=1S/C26H20FN3O/c27-20-15-13-18(14-16-20)25(29-23-12-6-7-17-28-23)24-21-10-4-5-11-22(21)30(31)26(24)19-8-2-1-3-9-19/h1-17,25,31H,(H,28,29)/t25-/m0/s1. The molecule has 1 atom stereocenters. The van der Waals surface area contributed by atoms with Gasteiger partial charge in [-0.1, -0.05) is 66.7 Å². The summed E-state index contributed by atoms with van der Waals surface area (Å²) in [6, 6.07) is 29.2. The van der Waals surface area contributed by atoms with Crippen molar-refractivity contribution in [1.82, 2.24) is 9.71 Å². The minimum atomic E-state index is -0.371. The highest BCUT2D eigenvalue weighted by atomic mass is 19.1. The first-order valence-electron chi connectivity index (χ1n) is 10.0. The third-order valence-corrected chi connectivity index (χ3v) is 5.39. The highest BCUT2D eigenvalue weighted by Gasteiger charge is 2.26. The van der Waals surface area contributed by atoms with Gasteiger partial charge in [0.15, 0.2) is 0 Å². The molecule has 0 aliphatic rings. The van der Waals surface area contributed by atoms with Gasteiger partial charge in [-0.05, 0) is 35.9 Å². The molecule has 5 aromatic rings. The summed E-state index contributed by atoms with van der Waals surface area (Å²) in [5, 5.41) is 15.5. The molecule has 31 heavy (non-hydrogen) atoms. The van der Waals surface area contributed by atoms with Crippen LogP contribution in [0.5, 0.6) is 0 Å². The van der Waals surface area contributed by atoms with Gasteiger partial charge in [0.05, 0.1) is 17.3 Å². The van der Waals surface area contributed by atoms with Crippen LogP contribution in [0.15, 0.2) is 103 Å². The maximum atomic E-state index is 13.7. The van der Waals surface area contributed by atoms with Gasteiger partial charge >= 0.3 is 0 Å². The number of halogens is 1. The van der Waals surface area contributed by atoms with E-state index in [1.54, 1.807) is 18.3 Å². The molecule has 0 aliphatic heterocycles. The average Bonchev–Trinajstić information content (AvgIpc) is 3.12. The van der Waals surface area contributed by atoms with Crippen molar-refractivity contribution in [2.45, 2.75) is 6.04 Å². The van der Waals surface area contributed by atoms with Crippen LogP contribution in [-0.2, 0) is 0 Å². The Morgan fingerprint density at radius 2 is 1.52 bits per heavy atom. The quantitative estimate of drug-likeness (QED) is 0.336. The molecule has 0 aliphatic carbocycles. The van der Waals surface area contributed by atoms with Gasteiger partial charge in [-0.3, -0.25) is 0 Å². The van der Waals surface area contributed by atoms with Crippen LogP contribution < -0.4 is 5.32 Å². The van der Waals surface area contributed by atoms with Gasteiger partial charge in [0.2, 0.25) is 0 Å². The second-order valence-corrected chi connectivity index (χ2v) is 7.30. The first kappa shape index (κ1) is 18.9. The van der Waals surface area contributed by atoms with Crippen molar-refractivity contribution in [1.29, 1.82) is 0 Å². The van der Waals surface area contributed by atoms with Crippen LogP contribution in [0.4, 0.5) is 10.2 Å². The Labute approximate surface area is 179 Å². The topological polar surface area (TPSA) is 50.1 Å². The van der Waals surface area contributed by atoms with Crippen LogP contribution in [0.3, 0.4) is 0 Å². The molecule has 0 radical (unpaired) electrons. The van der Waals surface area contributed by atoms with E-state index >= 15 is 0 Å². The Bertz CT molecular complexity index is 1320. The van der Waals surface area contributed by atoms with Crippen molar-refractivity contribution in [2.24, 2.45) is 0 Å². The van der Waals surface area contributed by atoms with Crippen LogP contribution in [0.25, 0.3) is 22.2 Å². The Kier molecular flexibility index (Phi) is 4.84. The number of benzene rings is 3. The Morgan fingerprint density at radius 1 is 0.806 bits per heavy atom. The third-order valence-electron chi connectivity index (χ3n) is 5.39. The van der Waals surface area contributed by atoms with Gasteiger partial charge in [0.1, 0.15) is 11.6 Å². The molecule has 5 heteroatoms. The molecule has 0 fully saturated rings. The van der Waals surface area contributed by atoms with Crippen LogP contribution in [0, 0.1) is 5.82 Å². The number of nitrogens with one attached hydrogen (secondary N) is 1. The lowest BCUT2D eigenvalue weighted by Crippen LogP contribution is -2.14. The van der Waals surface area contributed by atoms with Crippen molar-refractivity contribution in [3.63, 3.8) is 0 Å². The van der Waals surface area contributed by atoms with E-state index in [0.29, 0.717) is 17.0 Å². The second-order valence-electron chi connectivity index (χ2n) is 7.30. The van der Waals surface area contributed by atoms with E-state index in [0.717, 1.165) is 22.1 Å². The molecule has 5 rings (SSSR count). The van der Waals surface area contributed by atoms with E-state index in [4.69, 9.17) is 0 Å². The summed E-state index contributed by atoms with van der Waals surface area (Å²) in [5.74, 6) is 0.388. The van der Waals surface area contributed by atoms with E-state index in [1.807, 2.05) is 72.8 Å². The lowest BCUT2D eigenvalue weighted by molar-refractivity contribution is 0.204. The molecular weight excluding hydrogens is 389 g/mol. The zero-order chi connectivity index (χ0) is 21.2. The SMILES string of the molecule is On1c(-c2ccccc2)c([C@@H](Nc2ccccn2)c2ccc(F)cc2)c2ccccc21. The first-order chi connectivity index (χ1) is 15.2. The number of pyridine rings is 1. The van der Waals surface area contributed by atoms with E-state index < -0.39 is 0 Å². The lowest BCUT2D eigenvalue weighted by Gasteiger charge is -2.22. The number of nitrogens with zero attached hydrogens (tertiary/aromatic N) is 2. The van der Waals surface area contributed by atoms with Gasteiger partial charge in [0, 0.05) is 22.7 Å². The fraction of sp³-hybridized carbons (Fsp3) is 0.0385. The maximum Gasteiger partial charge on any atom is 0.126 e. The normalized spacial score (nSPS) is 12.0. The van der Waals surface area contributed by atoms with Gasteiger partial charge in [-0.25, -0.2) is 9.37 Å². The summed E-state index contributed by atoms with van der Waals surface area (Å²) in [4.78, 5) is 4.42. The predicted molar refractivity (Wildman–Crippen MR) is 121 cm³/mol. The lowest BCUT2D eigenvalue weighted by atomic mass is 9.93. The molecule has 2 N–H and O–H groups in total. The summed E-state index contributed by atoms with van der Waals surface area (Å²) in [5.41, 5.74) is 4.01. The zero-order valence-electron chi connectivity index (χ0n) is 16.6. The molecule has 4 nitrogen and oxygen atoms in total. The molecule has 0 amide bonds. The van der Waals surface area contributed by atoms with Gasteiger partial charge in [-0.2, -0.15) is 4.73 Å². The molecule has 0 saturated carbocycles. The molecule has 2 aromatic heterocycles. The van der Waals surface area contributed by atoms with Crippen molar-refractivity contribution in [2.75, 3.05) is 5.32 Å². The molecule has 0 spiro atoms. The Morgan fingerprint density at radius 3 is 2.26 bits per heavy atom. The number of fused-ring (bicyclic) bond motifs is 1. The van der Waals surface area contributed by atoms with E-state index in [9.17, 15) is 9.60 Å². The Hall–Kier alpha value is -4.12. The maximum absolute atomic E-state index is 13.7. The molecule has 0 unspecified atom stereocenters. The fourth-order valence-electron chi connectivity index (χ4n) is 3.99. The summed E-state index contributed by atoms with van der Waals surface area (Å²) in [6.45, 7) is 0. The second kappa shape index (κ2) is 7.95. The number of aromatic nitrogens is 2. The number of rotatable bonds is 5. The smallest absolute Gasteiger partial charge is 0.126 e. The largest absolute Gasteiger partial charge is 0.428 e. The van der Waals surface area contributed by atoms with Crippen LogP contribution in [0.1, 0.15) is 17.2 Å². The molecule has 0 bridgehead atoms. The van der Waals surface area contributed by atoms with Crippen LogP contribution in [-0.4, -0.2) is 14.9 Å². The van der Waals surface area contributed by atoms with Crippen molar-refractivity contribution in [3.8, 4) is 11.3 Å². The van der Waals surface area contributed by atoms with Crippen LogP contribution >= 0.6 is 0 Å². The number of para-hydroxylation sites is 1. The minimum absolute atomic E-state index is 0.298. The summed E-state index contributed by atoms with van der Waals surface area (Å²) in [7, 11) is 0. The third kappa shape index (κ3) is 3.51. The number of anilines is 1. The first-order valence-corrected chi connectivity index (χ1v) is 10.0. The average molecular weight is 409 g/mol. The van der Waals surface area contributed by atoms with E-state index in [-0.39, 0.29) is 11.9 Å². The molecular formula is C26H20FN3O. The van der Waals surface area contributed by atoms with Crippen molar-refractivity contribution >= 4 is 16.7 Å². The van der Waals surface area contributed by atoms with Gasteiger partial charge in [0.25, 0.3) is 0 Å². The van der Waals surface area contributed by atoms with E-state index in [2.05, 4.69) is 10.3 Å². The monoisotopic (exact) mass is 409 g/mol. The van der Waals surface area contributed by atoms with Gasteiger partial charge < -0.3 is 10.5 Å². The molecule has 3 aromatic carbocycles. The zero-order valence-corrected chi connectivity index (χ0v) is 16.6. The molecule has 2 heterocycles. The predicted octanol–water partition coefficient (Wildman–Crippen LogP) is 6.28. The van der Waals surface area contributed by atoms with Gasteiger partial charge in [-0.15, -0.1) is 0 Å². The van der Waals surface area contributed by atoms with Crippen molar-refractivity contribution < 1.29 is 9.60 Å². The highest BCUT2D eigenvalue weighted by molar-refractivity contribution is 5.93. The summed E-state index contributed by atoms with van der Waals surface area (Å²) >= 11 is 0. The fourth-order valence-corrected chi connectivity index (χ4v) is 3.99. The summed E-state index contributed by atoms with van der Waals surface area (Å²) in [6.07, 6.45) is 1.72. The van der Waals surface area contributed by atoms with Crippen LogP contribution in [0.2, 0.25) is 0 Å². The van der Waals surface area contributed by atoms with Crippen molar-refractivity contribution in [3.05, 3.63) is 120 Å². The highest BCUT2D eigenvalue weighted by Crippen LogP contribution is 2.40. The number of hydrogen-bond donors (Lipinski definition) is 2. The van der Waals surface area contributed by atoms with E-state index in [1.165, 1.54) is 16.9 Å². The number of hydrogen-bond acceptors (Lipinski definition) is 3. The molecule has 0 saturated heterocycles.